The van der Waals surface area contributed by atoms with Crippen LogP contribution < -0.4 is 0 Å². The third kappa shape index (κ3) is 6.60. The summed E-state index contributed by atoms with van der Waals surface area (Å²) in [6.45, 7) is 6.36. The highest BCUT2D eigenvalue weighted by atomic mass is 16.7. The number of carbonyl (C=O) groups is 4. The molecular weight excluding hydrogens is 352 g/mol. The highest BCUT2D eigenvalue weighted by Gasteiger charge is 2.52. The van der Waals surface area contributed by atoms with E-state index >= 15 is 0 Å². The van der Waals surface area contributed by atoms with Gasteiger partial charge < -0.3 is 28.4 Å². The van der Waals surface area contributed by atoms with Crippen LogP contribution in [0.4, 0.5) is 0 Å². The third-order valence-electron chi connectivity index (χ3n) is 3.29. The summed E-state index contributed by atoms with van der Waals surface area (Å²) in [4.78, 5) is 45.5. The Morgan fingerprint density at radius 3 is 1.77 bits per heavy atom. The van der Waals surface area contributed by atoms with Crippen LogP contribution in [-0.2, 0) is 47.6 Å². The van der Waals surface area contributed by atoms with Crippen LogP contribution in [0, 0.1) is 0 Å². The van der Waals surface area contributed by atoms with E-state index < -0.39 is 54.6 Å². The van der Waals surface area contributed by atoms with E-state index in [1.54, 1.807) is 6.92 Å². The molecule has 0 spiro atoms. The quantitative estimate of drug-likeness (QED) is 0.446. The molecule has 0 unspecified atom stereocenters. The lowest BCUT2D eigenvalue weighted by molar-refractivity contribution is -0.303. The van der Waals surface area contributed by atoms with Gasteiger partial charge in [0.2, 0.25) is 12.4 Å². The average molecular weight is 376 g/mol. The smallest absolute Gasteiger partial charge is 0.305 e. The predicted molar refractivity (Wildman–Crippen MR) is 83.6 cm³/mol. The van der Waals surface area contributed by atoms with E-state index in [2.05, 4.69) is 0 Å². The molecule has 148 valence electrons. The molecule has 0 radical (unpaired) electrons. The van der Waals surface area contributed by atoms with Crippen LogP contribution >= 0.6 is 0 Å². The SMILES string of the molecule is CCO[C@@H]1[C@H](OC(C)=O)[C@@H](OC(C)=O)[C@@H](OC(C)=O)O[C@@H]1COC(C)=O. The van der Waals surface area contributed by atoms with Crippen molar-refractivity contribution in [2.45, 2.75) is 65.3 Å². The lowest BCUT2D eigenvalue weighted by atomic mass is 9.98. The number of carbonyl (C=O) groups excluding carboxylic acids is 4. The minimum atomic E-state index is -1.36. The topological polar surface area (TPSA) is 124 Å². The zero-order chi connectivity index (χ0) is 19.9. The van der Waals surface area contributed by atoms with Crippen molar-refractivity contribution in [2.24, 2.45) is 0 Å². The van der Waals surface area contributed by atoms with E-state index in [1.165, 1.54) is 13.8 Å². The van der Waals surface area contributed by atoms with E-state index in [-0.39, 0.29) is 13.2 Å². The summed E-state index contributed by atoms with van der Waals surface area (Å²) in [5, 5.41) is 0. The van der Waals surface area contributed by atoms with Crippen molar-refractivity contribution < 1.29 is 47.6 Å². The number of esters is 4. The van der Waals surface area contributed by atoms with Crippen LogP contribution in [0.25, 0.3) is 0 Å². The highest BCUT2D eigenvalue weighted by molar-refractivity contribution is 5.68. The van der Waals surface area contributed by atoms with Crippen molar-refractivity contribution >= 4 is 23.9 Å². The van der Waals surface area contributed by atoms with E-state index in [1.807, 2.05) is 0 Å². The fourth-order valence-electron chi connectivity index (χ4n) is 2.51. The second-order valence-electron chi connectivity index (χ2n) is 5.52. The molecule has 26 heavy (non-hydrogen) atoms. The van der Waals surface area contributed by atoms with Gasteiger partial charge in [-0.1, -0.05) is 0 Å². The van der Waals surface area contributed by atoms with Gasteiger partial charge in [0.1, 0.15) is 18.8 Å². The first-order valence-electron chi connectivity index (χ1n) is 8.07. The van der Waals surface area contributed by atoms with Gasteiger partial charge >= 0.3 is 23.9 Å². The van der Waals surface area contributed by atoms with Gasteiger partial charge in [0, 0.05) is 34.3 Å². The Kier molecular flexibility index (Phi) is 8.46. The molecule has 1 aliphatic rings. The Labute approximate surface area is 151 Å². The van der Waals surface area contributed by atoms with Gasteiger partial charge in [-0.3, -0.25) is 19.2 Å². The molecule has 1 heterocycles. The summed E-state index contributed by atoms with van der Waals surface area (Å²) >= 11 is 0. The minimum absolute atomic E-state index is 0.216. The van der Waals surface area contributed by atoms with Crippen molar-refractivity contribution in [1.82, 2.24) is 0 Å². The van der Waals surface area contributed by atoms with Crippen LogP contribution in [0.15, 0.2) is 0 Å². The molecule has 0 amide bonds. The molecule has 0 aromatic rings. The lowest BCUT2D eigenvalue weighted by Crippen LogP contribution is -2.62. The first-order chi connectivity index (χ1) is 12.1. The molecule has 0 aromatic carbocycles. The van der Waals surface area contributed by atoms with Crippen molar-refractivity contribution in [3.05, 3.63) is 0 Å². The monoisotopic (exact) mass is 376 g/mol. The Balaban J connectivity index is 3.21. The molecule has 0 N–H and O–H groups in total. The van der Waals surface area contributed by atoms with Gasteiger partial charge in [0.25, 0.3) is 0 Å². The van der Waals surface area contributed by atoms with Gasteiger partial charge in [0.05, 0.1) is 0 Å². The maximum Gasteiger partial charge on any atom is 0.305 e. The Morgan fingerprint density at radius 1 is 0.769 bits per heavy atom. The van der Waals surface area contributed by atoms with Gasteiger partial charge in [-0.2, -0.15) is 0 Å². The molecule has 10 nitrogen and oxygen atoms in total. The maximum atomic E-state index is 11.5. The zero-order valence-electron chi connectivity index (χ0n) is 15.4. The summed E-state index contributed by atoms with van der Waals surface area (Å²) in [6.07, 6.45) is -5.57. The van der Waals surface area contributed by atoms with Gasteiger partial charge in [-0.05, 0) is 6.92 Å². The Morgan fingerprint density at radius 2 is 1.31 bits per heavy atom. The van der Waals surface area contributed by atoms with Gasteiger partial charge in [-0.25, -0.2) is 0 Å². The van der Waals surface area contributed by atoms with Crippen molar-refractivity contribution in [1.29, 1.82) is 0 Å². The number of ether oxygens (including phenoxy) is 6. The molecule has 0 aromatic heterocycles. The highest BCUT2D eigenvalue weighted by Crippen LogP contribution is 2.29. The van der Waals surface area contributed by atoms with Crippen LogP contribution in [0.3, 0.4) is 0 Å². The minimum Gasteiger partial charge on any atom is -0.463 e. The summed E-state index contributed by atoms with van der Waals surface area (Å²) in [5.41, 5.74) is 0. The predicted octanol–water partition coefficient (Wildman–Crippen LogP) is 0.106. The molecule has 1 fully saturated rings. The summed E-state index contributed by atoms with van der Waals surface area (Å²) in [7, 11) is 0. The molecule has 0 bridgehead atoms. The first kappa shape index (κ1) is 21.8. The van der Waals surface area contributed by atoms with Crippen LogP contribution in [0.5, 0.6) is 0 Å². The van der Waals surface area contributed by atoms with Crippen molar-refractivity contribution in [3.8, 4) is 0 Å². The fourth-order valence-corrected chi connectivity index (χ4v) is 2.51. The van der Waals surface area contributed by atoms with E-state index in [0.29, 0.717) is 0 Å². The second kappa shape index (κ2) is 10.1. The van der Waals surface area contributed by atoms with Crippen LogP contribution in [0.2, 0.25) is 0 Å². The van der Waals surface area contributed by atoms with E-state index in [9.17, 15) is 19.2 Å². The number of hydrogen-bond donors (Lipinski definition) is 0. The molecule has 0 aliphatic carbocycles. The van der Waals surface area contributed by atoms with Crippen molar-refractivity contribution in [2.75, 3.05) is 13.2 Å². The van der Waals surface area contributed by atoms with Crippen LogP contribution in [0.1, 0.15) is 34.6 Å². The number of hydrogen-bond acceptors (Lipinski definition) is 10. The normalized spacial score (nSPS) is 28.0. The summed E-state index contributed by atoms with van der Waals surface area (Å²) in [6, 6.07) is 0. The van der Waals surface area contributed by atoms with Crippen molar-refractivity contribution in [3.63, 3.8) is 0 Å². The van der Waals surface area contributed by atoms with E-state index in [0.717, 1.165) is 13.8 Å². The Bertz CT molecular complexity index is 531. The molecule has 5 atom stereocenters. The molecule has 1 rings (SSSR count). The zero-order valence-corrected chi connectivity index (χ0v) is 15.4. The number of rotatable bonds is 7. The average Bonchev–Trinajstić information content (AvgIpc) is 2.50. The maximum absolute atomic E-state index is 11.5. The molecule has 1 aliphatic heterocycles. The molecule has 1 saturated heterocycles. The van der Waals surface area contributed by atoms with Crippen LogP contribution in [-0.4, -0.2) is 67.8 Å². The van der Waals surface area contributed by atoms with Gasteiger partial charge in [0.15, 0.2) is 6.10 Å². The Hall–Kier alpha value is -2.20. The second-order valence-corrected chi connectivity index (χ2v) is 5.52. The third-order valence-corrected chi connectivity index (χ3v) is 3.29. The lowest BCUT2D eigenvalue weighted by Gasteiger charge is -2.43. The first-order valence-corrected chi connectivity index (χ1v) is 8.07. The van der Waals surface area contributed by atoms with Gasteiger partial charge in [-0.15, -0.1) is 0 Å². The fraction of sp³-hybridized carbons (Fsp3) is 0.750. The molecule has 0 saturated carbocycles. The standard InChI is InChI=1S/C16H24O10/c1-6-21-13-12(7-22-8(2)17)26-16(25-11(5)20)15(24-10(4)19)14(13)23-9(3)18/h12-16H,6-7H2,1-5H3/t12-,13+,14+,15-,16+/m1/s1. The largest absolute Gasteiger partial charge is 0.463 e. The summed E-state index contributed by atoms with van der Waals surface area (Å²) < 4.78 is 31.6. The van der Waals surface area contributed by atoms with E-state index in [4.69, 9.17) is 28.4 Å². The molecular formula is C16H24O10. The summed E-state index contributed by atoms with van der Waals surface area (Å²) in [5.74, 6) is -2.61. The molecule has 10 heteroatoms.